The Labute approximate surface area is 59.9 Å². The molecule has 0 bridgehead atoms. The van der Waals surface area contributed by atoms with Crippen molar-refractivity contribution in [2.75, 3.05) is 0 Å². The molecule has 0 aromatic carbocycles. The summed E-state index contributed by atoms with van der Waals surface area (Å²) in [5.74, 6) is 0.0884. The Hall–Kier alpha value is -1.31. The zero-order valence-electron chi connectivity index (χ0n) is 5.83. The molecule has 2 heteroatoms. The number of aliphatic hydroxyl groups is 1. The molecule has 0 aliphatic carbocycles. The van der Waals surface area contributed by atoms with Gasteiger partial charge in [-0.25, -0.2) is 0 Å². The van der Waals surface area contributed by atoms with Crippen LogP contribution in [0.2, 0.25) is 0 Å². The largest absolute Gasteiger partial charge is 0.508 e. The molecule has 1 aromatic rings. The van der Waals surface area contributed by atoms with Crippen molar-refractivity contribution in [1.82, 2.24) is 4.98 Å². The maximum absolute atomic E-state index is 8.93. The predicted octanol–water partition coefficient (Wildman–Crippen LogP) is 1.92. The second kappa shape index (κ2) is 2.52. The van der Waals surface area contributed by atoms with Crippen molar-refractivity contribution in [3.05, 3.63) is 36.2 Å². The van der Waals surface area contributed by atoms with Gasteiger partial charge in [0, 0.05) is 17.5 Å². The first-order valence-corrected chi connectivity index (χ1v) is 3.01. The van der Waals surface area contributed by atoms with E-state index in [1.165, 1.54) is 0 Å². The summed E-state index contributed by atoms with van der Waals surface area (Å²) in [5.41, 5.74) is 1.61. The zero-order valence-corrected chi connectivity index (χ0v) is 5.83. The summed E-state index contributed by atoms with van der Waals surface area (Å²) in [7, 11) is 0. The highest BCUT2D eigenvalue weighted by molar-refractivity contribution is 5.55. The van der Waals surface area contributed by atoms with Gasteiger partial charge < -0.3 is 5.11 Å². The van der Waals surface area contributed by atoms with Crippen molar-refractivity contribution in [3.8, 4) is 0 Å². The molecule has 0 aliphatic rings. The number of rotatable bonds is 1. The van der Waals surface area contributed by atoms with Gasteiger partial charge >= 0.3 is 0 Å². The lowest BCUT2D eigenvalue weighted by Crippen LogP contribution is -1.84. The first kappa shape index (κ1) is 6.81. The number of hydrogen-bond acceptors (Lipinski definition) is 2. The molecule has 10 heavy (non-hydrogen) atoms. The Morgan fingerprint density at radius 1 is 1.70 bits per heavy atom. The molecule has 0 fully saturated rings. The van der Waals surface area contributed by atoms with Crippen LogP contribution in [0.25, 0.3) is 5.76 Å². The maximum atomic E-state index is 8.93. The summed E-state index contributed by atoms with van der Waals surface area (Å²) < 4.78 is 0. The summed E-state index contributed by atoms with van der Waals surface area (Å²) in [6.07, 6.45) is 1.64. The first-order valence-electron chi connectivity index (χ1n) is 3.01. The smallest absolute Gasteiger partial charge is 0.115 e. The van der Waals surface area contributed by atoms with Gasteiger partial charge in [0.2, 0.25) is 0 Å². The molecule has 0 saturated carbocycles. The van der Waals surface area contributed by atoms with Crippen LogP contribution in [0.4, 0.5) is 0 Å². The third kappa shape index (κ3) is 1.35. The van der Waals surface area contributed by atoms with E-state index in [2.05, 4.69) is 11.6 Å². The Morgan fingerprint density at radius 2 is 2.40 bits per heavy atom. The number of aromatic nitrogens is 1. The number of pyridine rings is 1. The van der Waals surface area contributed by atoms with E-state index in [9.17, 15) is 0 Å². The van der Waals surface area contributed by atoms with Gasteiger partial charge in [-0.1, -0.05) is 6.58 Å². The Morgan fingerprint density at radius 3 is 2.80 bits per heavy atom. The summed E-state index contributed by atoms with van der Waals surface area (Å²) >= 11 is 0. The van der Waals surface area contributed by atoms with Crippen LogP contribution in [-0.2, 0) is 0 Å². The topological polar surface area (TPSA) is 33.1 Å². The lowest BCUT2D eigenvalue weighted by molar-refractivity contribution is 0.513. The summed E-state index contributed by atoms with van der Waals surface area (Å²) in [6, 6.07) is 3.50. The van der Waals surface area contributed by atoms with Gasteiger partial charge in [-0.2, -0.15) is 0 Å². The van der Waals surface area contributed by atoms with Crippen molar-refractivity contribution in [3.63, 3.8) is 0 Å². The number of hydrogen-bond donors (Lipinski definition) is 1. The minimum Gasteiger partial charge on any atom is -0.508 e. The van der Waals surface area contributed by atoms with Crippen LogP contribution in [0.1, 0.15) is 11.3 Å². The Bertz CT molecular complexity index is 255. The second-order valence-electron chi connectivity index (χ2n) is 2.13. The third-order valence-corrected chi connectivity index (χ3v) is 1.23. The van der Waals surface area contributed by atoms with Gasteiger partial charge in [-0.3, -0.25) is 4.98 Å². The van der Waals surface area contributed by atoms with E-state index in [0.29, 0.717) is 0 Å². The average Bonchev–Trinajstić information content (AvgIpc) is 1.88. The molecular formula is C8H9NO. The minimum atomic E-state index is 0.0884. The van der Waals surface area contributed by atoms with E-state index in [1.807, 2.05) is 6.92 Å². The fraction of sp³-hybridized carbons (Fsp3) is 0.125. The van der Waals surface area contributed by atoms with Crippen molar-refractivity contribution in [2.45, 2.75) is 6.92 Å². The van der Waals surface area contributed by atoms with Crippen LogP contribution in [0.5, 0.6) is 0 Å². The number of nitrogens with zero attached hydrogens (tertiary/aromatic N) is 1. The predicted molar refractivity (Wildman–Crippen MR) is 40.6 cm³/mol. The molecular weight excluding hydrogens is 126 g/mol. The van der Waals surface area contributed by atoms with E-state index in [4.69, 9.17) is 5.11 Å². The molecule has 1 rings (SSSR count). The molecule has 0 amide bonds. The second-order valence-corrected chi connectivity index (χ2v) is 2.13. The standard InChI is InChI=1S/C8H9NO/c1-6-5-8(7(2)10)3-4-9-6/h3-5,10H,2H2,1H3. The molecule has 1 N–H and O–H groups in total. The summed E-state index contributed by atoms with van der Waals surface area (Å²) in [5, 5.41) is 8.93. The highest BCUT2D eigenvalue weighted by atomic mass is 16.3. The average molecular weight is 135 g/mol. The van der Waals surface area contributed by atoms with Gasteiger partial charge in [0.05, 0.1) is 0 Å². The molecule has 52 valence electrons. The number of aryl methyl sites for hydroxylation is 1. The molecule has 1 aromatic heterocycles. The third-order valence-electron chi connectivity index (χ3n) is 1.23. The molecule has 0 unspecified atom stereocenters. The normalized spacial score (nSPS) is 9.30. The van der Waals surface area contributed by atoms with Crippen LogP contribution >= 0.6 is 0 Å². The summed E-state index contributed by atoms with van der Waals surface area (Å²) in [4.78, 5) is 3.97. The molecule has 0 atom stereocenters. The SMILES string of the molecule is C=C(O)c1ccnc(C)c1. The Kier molecular flexibility index (Phi) is 1.71. The minimum absolute atomic E-state index is 0.0884. The maximum Gasteiger partial charge on any atom is 0.115 e. The van der Waals surface area contributed by atoms with Crippen LogP contribution in [0.3, 0.4) is 0 Å². The molecule has 2 nitrogen and oxygen atoms in total. The molecule has 0 saturated heterocycles. The molecule has 0 spiro atoms. The fourth-order valence-electron chi connectivity index (χ4n) is 0.725. The molecule has 0 aliphatic heterocycles. The zero-order chi connectivity index (χ0) is 7.56. The van der Waals surface area contributed by atoms with Gasteiger partial charge in [0.1, 0.15) is 5.76 Å². The fourth-order valence-corrected chi connectivity index (χ4v) is 0.725. The van der Waals surface area contributed by atoms with Crippen molar-refractivity contribution < 1.29 is 5.11 Å². The van der Waals surface area contributed by atoms with Crippen LogP contribution in [0.15, 0.2) is 24.9 Å². The van der Waals surface area contributed by atoms with Crippen molar-refractivity contribution in [2.24, 2.45) is 0 Å². The van der Waals surface area contributed by atoms with Gasteiger partial charge in [-0.15, -0.1) is 0 Å². The monoisotopic (exact) mass is 135 g/mol. The van der Waals surface area contributed by atoms with E-state index in [-0.39, 0.29) is 5.76 Å². The summed E-state index contributed by atoms with van der Waals surface area (Å²) in [6.45, 7) is 5.26. The van der Waals surface area contributed by atoms with Gasteiger partial charge in [0.25, 0.3) is 0 Å². The molecule has 0 radical (unpaired) electrons. The first-order chi connectivity index (χ1) is 4.70. The Balaban J connectivity index is 3.07. The van der Waals surface area contributed by atoms with Gasteiger partial charge in [0.15, 0.2) is 0 Å². The highest BCUT2D eigenvalue weighted by Gasteiger charge is 1.93. The van der Waals surface area contributed by atoms with E-state index in [1.54, 1.807) is 18.3 Å². The van der Waals surface area contributed by atoms with E-state index in [0.717, 1.165) is 11.3 Å². The van der Waals surface area contributed by atoms with Crippen LogP contribution < -0.4 is 0 Å². The van der Waals surface area contributed by atoms with Crippen molar-refractivity contribution in [1.29, 1.82) is 0 Å². The number of aliphatic hydroxyl groups excluding tert-OH is 1. The van der Waals surface area contributed by atoms with Crippen LogP contribution in [0, 0.1) is 6.92 Å². The molecule has 1 heterocycles. The van der Waals surface area contributed by atoms with Gasteiger partial charge in [-0.05, 0) is 19.1 Å². The van der Waals surface area contributed by atoms with Crippen LogP contribution in [-0.4, -0.2) is 10.1 Å². The van der Waals surface area contributed by atoms with Crippen molar-refractivity contribution >= 4 is 5.76 Å². The lowest BCUT2D eigenvalue weighted by Gasteiger charge is -1.97. The van der Waals surface area contributed by atoms with E-state index >= 15 is 0 Å². The quantitative estimate of drug-likeness (QED) is 0.597. The lowest BCUT2D eigenvalue weighted by atomic mass is 10.2. The van der Waals surface area contributed by atoms with E-state index < -0.39 is 0 Å². The highest BCUT2D eigenvalue weighted by Crippen LogP contribution is 2.07.